The van der Waals surface area contributed by atoms with Gasteiger partial charge in [-0.15, -0.1) is 11.3 Å². The zero-order chi connectivity index (χ0) is 17.6. The molecule has 6 nitrogen and oxygen atoms in total. The highest BCUT2D eigenvalue weighted by molar-refractivity contribution is 7.13. The molecule has 2 aromatic rings. The summed E-state index contributed by atoms with van der Waals surface area (Å²) < 4.78 is 0. The van der Waals surface area contributed by atoms with Gasteiger partial charge in [-0.1, -0.05) is 12.5 Å². The number of carbonyl (C=O) groups excluding carboxylic acids is 2. The summed E-state index contributed by atoms with van der Waals surface area (Å²) in [6.45, 7) is 4.51. The molecule has 2 N–H and O–H groups in total. The number of anilines is 2. The Morgan fingerprint density at radius 1 is 1.20 bits per heavy atom. The van der Waals surface area contributed by atoms with Crippen molar-refractivity contribution in [1.29, 1.82) is 0 Å². The van der Waals surface area contributed by atoms with E-state index in [0.717, 1.165) is 25.3 Å². The van der Waals surface area contributed by atoms with Gasteiger partial charge < -0.3 is 5.32 Å². The van der Waals surface area contributed by atoms with Crippen molar-refractivity contribution in [3.63, 3.8) is 0 Å². The van der Waals surface area contributed by atoms with Gasteiger partial charge in [-0.2, -0.15) is 0 Å². The number of piperidine rings is 1. The topological polar surface area (TPSA) is 74.3 Å². The maximum Gasteiger partial charge on any atom is 0.257 e. The molecule has 1 aromatic heterocycles. The Kier molecular flexibility index (Phi) is 5.78. The van der Waals surface area contributed by atoms with Crippen LogP contribution in [0.5, 0.6) is 0 Å². The fourth-order valence-electron chi connectivity index (χ4n) is 2.89. The lowest BCUT2D eigenvalue weighted by atomic mass is 10.1. The molecule has 0 radical (unpaired) electrons. The number of benzene rings is 1. The minimum Gasteiger partial charge on any atom is -0.326 e. The number of hydrogen-bond donors (Lipinski definition) is 2. The Morgan fingerprint density at radius 2 is 2.00 bits per heavy atom. The molecule has 0 unspecified atom stereocenters. The van der Waals surface area contributed by atoms with E-state index in [1.54, 1.807) is 24.3 Å². The average molecular weight is 358 g/mol. The van der Waals surface area contributed by atoms with Gasteiger partial charge in [-0.05, 0) is 44.1 Å². The largest absolute Gasteiger partial charge is 0.326 e. The number of hydrogen-bond acceptors (Lipinski definition) is 5. The second-order valence-corrected chi connectivity index (χ2v) is 7.06. The number of rotatable bonds is 5. The van der Waals surface area contributed by atoms with Crippen molar-refractivity contribution in [3.05, 3.63) is 40.9 Å². The van der Waals surface area contributed by atoms with Crippen LogP contribution < -0.4 is 10.6 Å². The van der Waals surface area contributed by atoms with Crippen LogP contribution in [0.2, 0.25) is 0 Å². The van der Waals surface area contributed by atoms with Crippen LogP contribution in [0, 0.1) is 0 Å². The van der Waals surface area contributed by atoms with Crippen molar-refractivity contribution in [2.45, 2.75) is 32.7 Å². The van der Waals surface area contributed by atoms with E-state index in [2.05, 4.69) is 20.5 Å². The predicted molar refractivity (Wildman–Crippen MR) is 99.9 cm³/mol. The third kappa shape index (κ3) is 5.11. The third-order valence-corrected chi connectivity index (χ3v) is 4.86. The zero-order valence-corrected chi connectivity index (χ0v) is 15.1. The molecule has 1 aliphatic heterocycles. The number of likely N-dealkylation sites (tertiary alicyclic amines) is 1. The van der Waals surface area contributed by atoms with Gasteiger partial charge in [0, 0.05) is 30.1 Å². The molecule has 7 heteroatoms. The van der Waals surface area contributed by atoms with Gasteiger partial charge in [0.1, 0.15) is 0 Å². The maximum atomic E-state index is 12.4. The summed E-state index contributed by atoms with van der Waals surface area (Å²) in [4.78, 5) is 30.4. The van der Waals surface area contributed by atoms with Gasteiger partial charge in [0.25, 0.3) is 5.91 Å². The molecular formula is C18H22N4O2S. The predicted octanol–water partition coefficient (Wildman–Crippen LogP) is 3.34. The third-order valence-electron chi connectivity index (χ3n) is 4.05. The van der Waals surface area contributed by atoms with E-state index in [4.69, 9.17) is 0 Å². The van der Waals surface area contributed by atoms with Crippen LogP contribution in [0.3, 0.4) is 0 Å². The highest BCUT2D eigenvalue weighted by Crippen LogP contribution is 2.20. The molecule has 2 amide bonds. The number of nitrogens with one attached hydrogen (secondary N) is 2. The number of nitrogens with zero attached hydrogens (tertiary/aromatic N) is 2. The first kappa shape index (κ1) is 17.6. The van der Waals surface area contributed by atoms with E-state index in [0.29, 0.717) is 16.4 Å². The SMILES string of the molecule is CC(=O)Nc1cccc(C(=O)Nc2nc(CN3CCCCC3)cs2)c1. The number of carbonyl (C=O) groups is 2. The summed E-state index contributed by atoms with van der Waals surface area (Å²) in [5, 5.41) is 8.11. The average Bonchev–Trinajstić information content (AvgIpc) is 3.02. The van der Waals surface area contributed by atoms with E-state index in [9.17, 15) is 9.59 Å². The Labute approximate surface area is 151 Å². The molecule has 0 spiro atoms. The number of amides is 2. The molecule has 0 aliphatic carbocycles. The highest BCUT2D eigenvalue weighted by Gasteiger charge is 2.14. The van der Waals surface area contributed by atoms with Crippen LogP contribution >= 0.6 is 11.3 Å². The Bertz CT molecular complexity index is 753. The second-order valence-electron chi connectivity index (χ2n) is 6.20. The van der Waals surface area contributed by atoms with Gasteiger partial charge >= 0.3 is 0 Å². The molecule has 132 valence electrons. The maximum absolute atomic E-state index is 12.4. The molecule has 1 fully saturated rings. The van der Waals surface area contributed by atoms with Crippen LogP contribution in [-0.4, -0.2) is 34.8 Å². The van der Waals surface area contributed by atoms with Crippen molar-refractivity contribution in [3.8, 4) is 0 Å². The normalized spacial score (nSPS) is 14.9. The Morgan fingerprint density at radius 3 is 2.76 bits per heavy atom. The Hall–Kier alpha value is -2.25. The fraction of sp³-hybridized carbons (Fsp3) is 0.389. The van der Waals surface area contributed by atoms with Crippen molar-refractivity contribution in [2.24, 2.45) is 0 Å². The van der Waals surface area contributed by atoms with E-state index in [1.165, 1.54) is 37.5 Å². The molecule has 0 saturated carbocycles. The van der Waals surface area contributed by atoms with Crippen LogP contribution in [-0.2, 0) is 11.3 Å². The summed E-state index contributed by atoms with van der Waals surface area (Å²) in [5.41, 5.74) is 2.08. The standard InChI is InChI=1S/C18H22N4O2S/c1-13(23)19-15-7-5-6-14(10-15)17(24)21-18-20-16(12-25-18)11-22-8-3-2-4-9-22/h5-7,10,12H,2-4,8-9,11H2,1H3,(H,19,23)(H,20,21,24). The molecule has 3 rings (SSSR count). The van der Waals surface area contributed by atoms with Crippen LogP contribution in [0.1, 0.15) is 42.2 Å². The lowest BCUT2D eigenvalue weighted by Crippen LogP contribution is -2.29. The minimum absolute atomic E-state index is 0.167. The van der Waals surface area contributed by atoms with E-state index in [-0.39, 0.29) is 11.8 Å². The fourth-order valence-corrected chi connectivity index (χ4v) is 3.59. The molecular weight excluding hydrogens is 336 g/mol. The van der Waals surface area contributed by atoms with Crippen molar-refractivity contribution < 1.29 is 9.59 Å². The van der Waals surface area contributed by atoms with Gasteiger partial charge in [-0.3, -0.25) is 19.8 Å². The summed E-state index contributed by atoms with van der Waals surface area (Å²) in [6.07, 6.45) is 3.81. The van der Waals surface area contributed by atoms with Crippen LogP contribution in [0.4, 0.5) is 10.8 Å². The van der Waals surface area contributed by atoms with Gasteiger partial charge in [-0.25, -0.2) is 4.98 Å². The zero-order valence-electron chi connectivity index (χ0n) is 14.2. The smallest absolute Gasteiger partial charge is 0.257 e. The summed E-state index contributed by atoms with van der Waals surface area (Å²) in [6, 6.07) is 6.85. The first-order valence-corrected chi connectivity index (χ1v) is 9.34. The molecule has 0 bridgehead atoms. The first-order chi connectivity index (χ1) is 12.1. The molecule has 1 saturated heterocycles. The molecule has 1 aliphatic rings. The monoisotopic (exact) mass is 358 g/mol. The van der Waals surface area contributed by atoms with E-state index in [1.807, 2.05) is 5.38 Å². The molecule has 25 heavy (non-hydrogen) atoms. The lowest BCUT2D eigenvalue weighted by Gasteiger charge is -2.25. The van der Waals surface area contributed by atoms with Gasteiger partial charge in [0.05, 0.1) is 5.69 Å². The van der Waals surface area contributed by atoms with Crippen LogP contribution in [0.15, 0.2) is 29.6 Å². The number of aromatic nitrogens is 1. The highest BCUT2D eigenvalue weighted by atomic mass is 32.1. The second kappa shape index (κ2) is 8.22. The quantitative estimate of drug-likeness (QED) is 0.860. The number of thiazole rings is 1. The molecule has 0 atom stereocenters. The van der Waals surface area contributed by atoms with E-state index >= 15 is 0 Å². The molecule has 2 heterocycles. The van der Waals surface area contributed by atoms with Gasteiger partial charge in [0.15, 0.2) is 5.13 Å². The van der Waals surface area contributed by atoms with Crippen LogP contribution in [0.25, 0.3) is 0 Å². The summed E-state index contributed by atoms with van der Waals surface area (Å²) in [7, 11) is 0. The van der Waals surface area contributed by atoms with Crippen molar-refractivity contribution in [1.82, 2.24) is 9.88 Å². The first-order valence-electron chi connectivity index (χ1n) is 8.46. The van der Waals surface area contributed by atoms with Crippen molar-refractivity contribution in [2.75, 3.05) is 23.7 Å². The lowest BCUT2D eigenvalue weighted by molar-refractivity contribution is -0.114. The minimum atomic E-state index is -0.230. The van der Waals surface area contributed by atoms with Crippen molar-refractivity contribution >= 4 is 34.0 Å². The molecule has 1 aromatic carbocycles. The van der Waals surface area contributed by atoms with Gasteiger partial charge in [0.2, 0.25) is 5.91 Å². The summed E-state index contributed by atoms with van der Waals surface area (Å²) in [5.74, 6) is -0.397. The summed E-state index contributed by atoms with van der Waals surface area (Å²) >= 11 is 1.44. The Balaban J connectivity index is 1.60. The van der Waals surface area contributed by atoms with E-state index < -0.39 is 0 Å².